The van der Waals surface area contributed by atoms with E-state index in [2.05, 4.69) is 42.5 Å². The summed E-state index contributed by atoms with van der Waals surface area (Å²) in [7, 11) is 0. The molecule has 1 aliphatic heterocycles. The Balaban J connectivity index is 1.72. The molecule has 0 fully saturated rings. The molecule has 1 aliphatic carbocycles. The summed E-state index contributed by atoms with van der Waals surface area (Å²) in [5, 5.41) is 7.35. The third kappa shape index (κ3) is 2.26. The van der Waals surface area contributed by atoms with Crippen LogP contribution in [0, 0.1) is 0 Å². The van der Waals surface area contributed by atoms with Crippen LogP contribution >= 0.6 is 43.2 Å². The SMILES string of the molecule is O=C1NC(c2cc(Br)c(Br)o2)Nc2sc3c(c21)CCCC3. The van der Waals surface area contributed by atoms with Crippen LogP contribution in [0.25, 0.3) is 0 Å². The summed E-state index contributed by atoms with van der Waals surface area (Å²) >= 11 is 8.44. The lowest BCUT2D eigenvalue weighted by Gasteiger charge is -2.24. The van der Waals surface area contributed by atoms with Crippen molar-refractivity contribution in [2.75, 3.05) is 5.32 Å². The molecule has 4 rings (SSSR count). The second kappa shape index (κ2) is 5.14. The number of amides is 1. The van der Waals surface area contributed by atoms with Crippen LogP contribution in [0.15, 0.2) is 19.6 Å². The standard InChI is InChI=1S/C14H12Br2N2O2S/c15-7-5-8(20-11(7)16)12-17-13(19)10-6-3-1-2-4-9(6)21-14(10)18-12/h5,12,18H,1-4H2,(H,17,19). The zero-order chi connectivity index (χ0) is 14.6. The highest BCUT2D eigenvalue weighted by atomic mass is 79.9. The zero-order valence-electron chi connectivity index (χ0n) is 11.0. The summed E-state index contributed by atoms with van der Waals surface area (Å²) in [6, 6.07) is 1.86. The van der Waals surface area contributed by atoms with Crippen molar-refractivity contribution in [1.29, 1.82) is 0 Å². The van der Waals surface area contributed by atoms with Crippen molar-refractivity contribution in [1.82, 2.24) is 5.32 Å². The van der Waals surface area contributed by atoms with Crippen molar-refractivity contribution in [3.8, 4) is 0 Å². The van der Waals surface area contributed by atoms with Gasteiger partial charge in [-0.25, -0.2) is 0 Å². The molecule has 1 amide bonds. The minimum Gasteiger partial charge on any atom is -0.449 e. The fourth-order valence-corrected chi connectivity index (χ4v) is 4.85. The van der Waals surface area contributed by atoms with Gasteiger partial charge in [-0.3, -0.25) is 4.79 Å². The first kappa shape index (κ1) is 13.8. The number of thiophene rings is 1. The molecular weight excluding hydrogens is 420 g/mol. The maximum absolute atomic E-state index is 12.5. The second-order valence-electron chi connectivity index (χ2n) is 5.24. The van der Waals surface area contributed by atoms with E-state index in [9.17, 15) is 4.79 Å². The van der Waals surface area contributed by atoms with Crippen LogP contribution in [0.3, 0.4) is 0 Å². The minimum atomic E-state index is -0.326. The van der Waals surface area contributed by atoms with Crippen LogP contribution in [0.2, 0.25) is 0 Å². The van der Waals surface area contributed by atoms with Gasteiger partial charge in [0.25, 0.3) is 5.91 Å². The van der Waals surface area contributed by atoms with Crippen molar-refractivity contribution in [3.05, 3.63) is 37.0 Å². The summed E-state index contributed by atoms with van der Waals surface area (Å²) in [6.07, 6.45) is 4.16. The topological polar surface area (TPSA) is 54.3 Å². The normalized spacial score (nSPS) is 20.5. The Morgan fingerprint density at radius 2 is 2.05 bits per heavy atom. The van der Waals surface area contributed by atoms with Gasteiger partial charge in [0, 0.05) is 4.88 Å². The fourth-order valence-electron chi connectivity index (χ4n) is 2.93. The number of halogens is 2. The second-order valence-corrected chi connectivity index (χ2v) is 7.92. The van der Waals surface area contributed by atoms with Gasteiger partial charge in [0.2, 0.25) is 0 Å². The molecule has 2 N–H and O–H groups in total. The Morgan fingerprint density at radius 3 is 2.81 bits per heavy atom. The molecule has 0 spiro atoms. The Labute approximate surface area is 142 Å². The van der Waals surface area contributed by atoms with E-state index in [4.69, 9.17) is 4.42 Å². The summed E-state index contributed by atoms with van der Waals surface area (Å²) in [5.41, 5.74) is 2.09. The van der Waals surface area contributed by atoms with E-state index in [1.54, 1.807) is 11.3 Å². The van der Waals surface area contributed by atoms with Gasteiger partial charge in [-0.2, -0.15) is 0 Å². The van der Waals surface area contributed by atoms with Gasteiger partial charge >= 0.3 is 0 Å². The van der Waals surface area contributed by atoms with E-state index >= 15 is 0 Å². The number of nitrogens with one attached hydrogen (secondary N) is 2. The molecule has 1 atom stereocenters. The Hall–Kier alpha value is -0.790. The van der Waals surface area contributed by atoms with Gasteiger partial charge < -0.3 is 15.1 Å². The smallest absolute Gasteiger partial charge is 0.256 e. The quantitative estimate of drug-likeness (QED) is 0.693. The number of aryl methyl sites for hydroxylation is 1. The van der Waals surface area contributed by atoms with Crippen LogP contribution in [-0.2, 0) is 12.8 Å². The lowest BCUT2D eigenvalue weighted by molar-refractivity contribution is 0.0930. The molecule has 2 aromatic heterocycles. The van der Waals surface area contributed by atoms with E-state index in [0.29, 0.717) is 10.4 Å². The number of fused-ring (bicyclic) bond motifs is 3. The van der Waals surface area contributed by atoms with Crippen molar-refractivity contribution in [3.63, 3.8) is 0 Å². The van der Waals surface area contributed by atoms with Gasteiger partial charge in [-0.05, 0) is 69.2 Å². The number of furan rings is 1. The van der Waals surface area contributed by atoms with Crippen molar-refractivity contribution < 1.29 is 9.21 Å². The summed E-state index contributed by atoms with van der Waals surface area (Å²) < 4.78 is 7.08. The monoisotopic (exact) mass is 430 g/mol. The summed E-state index contributed by atoms with van der Waals surface area (Å²) in [6.45, 7) is 0. The van der Waals surface area contributed by atoms with Crippen LogP contribution < -0.4 is 10.6 Å². The van der Waals surface area contributed by atoms with E-state index < -0.39 is 0 Å². The number of anilines is 1. The number of rotatable bonds is 1. The fraction of sp³-hybridized carbons (Fsp3) is 0.357. The van der Waals surface area contributed by atoms with Crippen molar-refractivity contribution in [2.45, 2.75) is 31.8 Å². The number of carbonyl (C=O) groups is 1. The first-order valence-corrected chi connectivity index (χ1v) is 9.20. The predicted molar refractivity (Wildman–Crippen MR) is 88.9 cm³/mol. The van der Waals surface area contributed by atoms with Crippen LogP contribution in [-0.4, -0.2) is 5.91 Å². The van der Waals surface area contributed by atoms with E-state index in [-0.39, 0.29) is 12.1 Å². The molecule has 0 radical (unpaired) electrons. The Morgan fingerprint density at radius 1 is 1.24 bits per heavy atom. The maximum Gasteiger partial charge on any atom is 0.256 e. The van der Waals surface area contributed by atoms with Crippen molar-refractivity contribution in [2.24, 2.45) is 0 Å². The average molecular weight is 432 g/mol. The van der Waals surface area contributed by atoms with E-state index in [1.807, 2.05) is 6.07 Å². The zero-order valence-corrected chi connectivity index (χ0v) is 15.0. The lowest BCUT2D eigenvalue weighted by atomic mass is 9.94. The van der Waals surface area contributed by atoms with E-state index in [1.165, 1.54) is 23.3 Å². The largest absolute Gasteiger partial charge is 0.449 e. The minimum absolute atomic E-state index is 0.00297. The number of hydrogen-bond donors (Lipinski definition) is 2. The van der Waals surface area contributed by atoms with E-state index in [0.717, 1.165) is 27.9 Å². The Kier molecular flexibility index (Phi) is 3.39. The molecule has 1 unspecified atom stereocenters. The molecule has 2 aliphatic rings. The highest BCUT2D eigenvalue weighted by Gasteiger charge is 2.33. The number of hydrogen-bond acceptors (Lipinski definition) is 4. The molecule has 4 nitrogen and oxygen atoms in total. The summed E-state index contributed by atoms with van der Waals surface area (Å²) in [4.78, 5) is 13.8. The highest BCUT2D eigenvalue weighted by molar-refractivity contribution is 9.13. The molecule has 2 aromatic rings. The molecule has 0 aromatic carbocycles. The maximum atomic E-state index is 12.5. The van der Waals surface area contributed by atoms with Crippen LogP contribution in [0.1, 0.15) is 45.6 Å². The summed E-state index contributed by atoms with van der Waals surface area (Å²) in [5.74, 6) is 0.677. The Bertz CT molecular complexity index is 718. The molecule has 3 heterocycles. The van der Waals surface area contributed by atoms with Gasteiger partial charge in [-0.15, -0.1) is 11.3 Å². The van der Waals surface area contributed by atoms with Crippen LogP contribution in [0.4, 0.5) is 5.00 Å². The molecule has 7 heteroatoms. The van der Waals surface area contributed by atoms with Gasteiger partial charge in [0.05, 0.1) is 10.0 Å². The average Bonchev–Trinajstić information content (AvgIpc) is 2.99. The molecule has 110 valence electrons. The first-order valence-electron chi connectivity index (χ1n) is 6.80. The van der Waals surface area contributed by atoms with Gasteiger partial charge in [-0.1, -0.05) is 0 Å². The molecule has 21 heavy (non-hydrogen) atoms. The first-order chi connectivity index (χ1) is 10.1. The number of carbonyl (C=O) groups excluding carboxylic acids is 1. The third-order valence-corrected chi connectivity index (χ3v) is 6.83. The predicted octanol–water partition coefficient (Wildman–Crippen LogP) is 4.60. The molecule has 0 saturated heterocycles. The van der Waals surface area contributed by atoms with Gasteiger partial charge in [0.1, 0.15) is 10.8 Å². The molecule has 0 bridgehead atoms. The highest BCUT2D eigenvalue weighted by Crippen LogP contribution is 2.42. The lowest BCUT2D eigenvalue weighted by Crippen LogP contribution is -2.38. The van der Waals surface area contributed by atoms with Gasteiger partial charge in [0.15, 0.2) is 10.8 Å². The molecule has 0 saturated carbocycles. The molecular formula is C14H12Br2N2O2S. The third-order valence-electron chi connectivity index (χ3n) is 3.90. The van der Waals surface area contributed by atoms with Crippen molar-refractivity contribution >= 4 is 54.1 Å². The van der Waals surface area contributed by atoms with Crippen LogP contribution in [0.5, 0.6) is 0 Å².